The van der Waals surface area contributed by atoms with Crippen molar-refractivity contribution in [2.45, 2.75) is 13.8 Å². The third-order valence-corrected chi connectivity index (χ3v) is 3.32. The Kier molecular flexibility index (Phi) is 6.29. The zero-order valence-corrected chi connectivity index (χ0v) is 14.0. The predicted octanol–water partition coefficient (Wildman–Crippen LogP) is 3.53. The number of nitrogens with one attached hydrogen (secondary N) is 1. The van der Waals surface area contributed by atoms with E-state index in [0.29, 0.717) is 23.9 Å². The number of carbonyl (C=O) groups is 1. The van der Waals surface area contributed by atoms with Crippen LogP contribution in [-0.2, 0) is 4.79 Å². The number of carbonyl (C=O) groups excluding carboxylic acids is 1. The Balaban J connectivity index is 1.66. The lowest BCUT2D eigenvalue weighted by Crippen LogP contribution is -2.32. The Bertz CT molecular complexity index is 636. The minimum absolute atomic E-state index is 0.0101. The van der Waals surface area contributed by atoms with Crippen LogP contribution in [0.25, 0.3) is 0 Å². The number of hydrogen-bond donors (Lipinski definition) is 1. The molecule has 23 heavy (non-hydrogen) atoms. The Morgan fingerprint density at radius 1 is 1.00 bits per heavy atom. The maximum atomic E-state index is 11.7. The molecule has 0 aromatic heterocycles. The van der Waals surface area contributed by atoms with E-state index in [1.807, 2.05) is 26.0 Å². The van der Waals surface area contributed by atoms with E-state index in [1.54, 1.807) is 24.3 Å². The van der Waals surface area contributed by atoms with Gasteiger partial charge in [-0.05, 0) is 61.4 Å². The van der Waals surface area contributed by atoms with Gasteiger partial charge < -0.3 is 14.8 Å². The van der Waals surface area contributed by atoms with Crippen molar-refractivity contribution in [1.82, 2.24) is 5.32 Å². The molecule has 1 N–H and O–H groups in total. The van der Waals surface area contributed by atoms with Crippen LogP contribution < -0.4 is 14.8 Å². The molecule has 0 aliphatic carbocycles. The van der Waals surface area contributed by atoms with Gasteiger partial charge in [0.25, 0.3) is 5.91 Å². The first-order valence-corrected chi connectivity index (χ1v) is 7.77. The molecule has 0 bridgehead atoms. The van der Waals surface area contributed by atoms with Crippen LogP contribution in [0, 0.1) is 13.8 Å². The van der Waals surface area contributed by atoms with Gasteiger partial charge in [0, 0.05) is 5.02 Å². The van der Waals surface area contributed by atoms with E-state index in [4.69, 9.17) is 21.1 Å². The minimum Gasteiger partial charge on any atom is -0.492 e. The number of hydrogen-bond acceptors (Lipinski definition) is 3. The van der Waals surface area contributed by atoms with Crippen molar-refractivity contribution in [3.8, 4) is 11.5 Å². The number of halogens is 1. The van der Waals surface area contributed by atoms with Gasteiger partial charge in [-0.15, -0.1) is 0 Å². The summed E-state index contributed by atoms with van der Waals surface area (Å²) in [5, 5.41) is 3.41. The lowest BCUT2D eigenvalue weighted by Gasteiger charge is -2.10. The van der Waals surface area contributed by atoms with Gasteiger partial charge in [-0.3, -0.25) is 4.79 Å². The summed E-state index contributed by atoms with van der Waals surface area (Å²) in [6.07, 6.45) is 0. The van der Waals surface area contributed by atoms with E-state index in [1.165, 1.54) is 0 Å². The van der Waals surface area contributed by atoms with E-state index in [-0.39, 0.29) is 12.5 Å². The first-order valence-electron chi connectivity index (χ1n) is 7.39. The van der Waals surface area contributed by atoms with Crippen LogP contribution >= 0.6 is 11.6 Å². The molecule has 2 aromatic rings. The second-order valence-electron chi connectivity index (χ2n) is 5.26. The molecule has 0 unspecified atom stereocenters. The SMILES string of the molecule is Cc1cc(C)cc(OCC(=O)NCCOc2ccc(Cl)cc2)c1. The highest BCUT2D eigenvalue weighted by molar-refractivity contribution is 6.30. The van der Waals surface area contributed by atoms with Crippen LogP contribution in [0.3, 0.4) is 0 Å². The van der Waals surface area contributed by atoms with Gasteiger partial charge in [0.05, 0.1) is 6.54 Å². The van der Waals surface area contributed by atoms with Crippen LogP contribution in [0.2, 0.25) is 5.02 Å². The fourth-order valence-corrected chi connectivity index (χ4v) is 2.23. The molecule has 1 amide bonds. The summed E-state index contributed by atoms with van der Waals surface area (Å²) in [6.45, 7) is 4.78. The van der Waals surface area contributed by atoms with Crippen LogP contribution in [0.5, 0.6) is 11.5 Å². The maximum Gasteiger partial charge on any atom is 0.258 e. The summed E-state index contributed by atoms with van der Waals surface area (Å²) in [4.78, 5) is 11.7. The molecule has 2 aromatic carbocycles. The highest BCUT2D eigenvalue weighted by Crippen LogP contribution is 2.16. The molecule has 0 atom stereocenters. The van der Waals surface area contributed by atoms with Crippen molar-refractivity contribution in [3.63, 3.8) is 0 Å². The van der Waals surface area contributed by atoms with Gasteiger partial charge in [-0.25, -0.2) is 0 Å². The van der Waals surface area contributed by atoms with E-state index in [2.05, 4.69) is 11.4 Å². The van der Waals surface area contributed by atoms with Crippen molar-refractivity contribution < 1.29 is 14.3 Å². The molecule has 2 rings (SSSR count). The zero-order chi connectivity index (χ0) is 16.7. The number of benzene rings is 2. The van der Waals surface area contributed by atoms with Crippen LogP contribution in [0.1, 0.15) is 11.1 Å². The summed E-state index contributed by atoms with van der Waals surface area (Å²) in [5.74, 6) is 1.24. The largest absolute Gasteiger partial charge is 0.492 e. The lowest BCUT2D eigenvalue weighted by atomic mass is 10.1. The molecular formula is C18H20ClNO3. The highest BCUT2D eigenvalue weighted by atomic mass is 35.5. The molecule has 0 heterocycles. The fraction of sp³-hybridized carbons (Fsp3) is 0.278. The van der Waals surface area contributed by atoms with E-state index in [0.717, 1.165) is 16.9 Å². The molecule has 0 fully saturated rings. The summed E-state index contributed by atoms with van der Waals surface area (Å²) in [7, 11) is 0. The molecule has 0 aliphatic heterocycles. The van der Waals surface area contributed by atoms with Crippen molar-refractivity contribution in [2.24, 2.45) is 0 Å². The van der Waals surface area contributed by atoms with Gasteiger partial charge >= 0.3 is 0 Å². The molecule has 122 valence electrons. The van der Waals surface area contributed by atoms with Crippen LogP contribution in [0.4, 0.5) is 0 Å². The number of rotatable bonds is 7. The number of ether oxygens (including phenoxy) is 2. The standard InChI is InChI=1S/C18H20ClNO3/c1-13-9-14(2)11-17(10-13)23-12-18(21)20-7-8-22-16-5-3-15(19)4-6-16/h3-6,9-11H,7-8,12H2,1-2H3,(H,20,21). The summed E-state index contributed by atoms with van der Waals surface area (Å²) in [6, 6.07) is 13.0. The molecule has 4 nitrogen and oxygen atoms in total. The number of aryl methyl sites for hydroxylation is 2. The van der Waals surface area contributed by atoms with Crippen molar-refractivity contribution in [2.75, 3.05) is 19.8 Å². The fourth-order valence-electron chi connectivity index (χ4n) is 2.11. The normalized spacial score (nSPS) is 10.2. The Morgan fingerprint density at radius 3 is 2.30 bits per heavy atom. The van der Waals surface area contributed by atoms with Gasteiger partial charge in [0.15, 0.2) is 6.61 Å². The molecule has 5 heteroatoms. The third-order valence-electron chi connectivity index (χ3n) is 3.07. The molecule has 0 saturated heterocycles. The predicted molar refractivity (Wildman–Crippen MR) is 91.4 cm³/mol. The van der Waals surface area contributed by atoms with E-state index < -0.39 is 0 Å². The van der Waals surface area contributed by atoms with Gasteiger partial charge in [-0.1, -0.05) is 17.7 Å². The summed E-state index contributed by atoms with van der Waals surface area (Å²) in [5.41, 5.74) is 2.22. The summed E-state index contributed by atoms with van der Waals surface area (Å²) < 4.78 is 11.0. The van der Waals surface area contributed by atoms with Gasteiger partial charge in [0.2, 0.25) is 0 Å². The molecular weight excluding hydrogens is 314 g/mol. The van der Waals surface area contributed by atoms with Crippen LogP contribution in [0.15, 0.2) is 42.5 Å². The zero-order valence-electron chi connectivity index (χ0n) is 13.3. The topological polar surface area (TPSA) is 47.6 Å². The van der Waals surface area contributed by atoms with E-state index in [9.17, 15) is 4.79 Å². The van der Waals surface area contributed by atoms with Gasteiger partial charge in [-0.2, -0.15) is 0 Å². The maximum absolute atomic E-state index is 11.7. The lowest BCUT2D eigenvalue weighted by molar-refractivity contribution is -0.123. The monoisotopic (exact) mass is 333 g/mol. The molecule has 0 saturated carbocycles. The van der Waals surface area contributed by atoms with Crippen molar-refractivity contribution >= 4 is 17.5 Å². The quantitative estimate of drug-likeness (QED) is 0.788. The van der Waals surface area contributed by atoms with Crippen LogP contribution in [-0.4, -0.2) is 25.7 Å². The second kappa shape index (κ2) is 8.44. The van der Waals surface area contributed by atoms with Crippen molar-refractivity contribution in [1.29, 1.82) is 0 Å². The molecule has 0 spiro atoms. The van der Waals surface area contributed by atoms with Gasteiger partial charge in [0.1, 0.15) is 18.1 Å². The Morgan fingerprint density at radius 2 is 1.65 bits per heavy atom. The number of amides is 1. The minimum atomic E-state index is -0.177. The Hall–Kier alpha value is -2.20. The average Bonchev–Trinajstić information content (AvgIpc) is 2.50. The summed E-state index contributed by atoms with van der Waals surface area (Å²) >= 11 is 5.79. The third kappa shape index (κ3) is 6.20. The first kappa shape index (κ1) is 17.2. The highest BCUT2D eigenvalue weighted by Gasteiger charge is 2.03. The average molecular weight is 334 g/mol. The second-order valence-corrected chi connectivity index (χ2v) is 5.70. The first-order chi connectivity index (χ1) is 11.0. The smallest absolute Gasteiger partial charge is 0.258 e. The van der Waals surface area contributed by atoms with E-state index >= 15 is 0 Å². The Labute approximate surface area is 141 Å². The molecule has 0 radical (unpaired) electrons. The van der Waals surface area contributed by atoms with Crippen molar-refractivity contribution in [3.05, 3.63) is 58.6 Å². The molecule has 0 aliphatic rings.